The Morgan fingerprint density at radius 1 is 1.28 bits per heavy atom. The molecular weight excluding hydrogens is 311 g/mol. The molecule has 3 nitrogen and oxygen atoms in total. The first-order valence-corrected chi connectivity index (χ1v) is 6.74. The van der Waals surface area contributed by atoms with Crippen molar-refractivity contribution < 1.29 is 13.2 Å². The van der Waals surface area contributed by atoms with Crippen molar-refractivity contribution in [3.63, 3.8) is 0 Å². The molecule has 0 spiro atoms. The maximum atomic E-state index is 12.5. The Hall–Kier alpha value is -0.850. The minimum atomic E-state index is -4.42. The number of unbranched alkanes of at least 4 members (excludes halogenated alkanes) is 2. The number of anilines is 1. The zero-order chi connectivity index (χ0) is 13.6. The van der Waals surface area contributed by atoms with Gasteiger partial charge in [0.2, 0.25) is 5.95 Å². The highest BCUT2D eigenvalue weighted by Crippen LogP contribution is 2.27. The second kappa shape index (κ2) is 6.92. The maximum Gasteiger partial charge on any atom is 0.433 e. The quantitative estimate of drug-likeness (QED) is 0.592. The lowest BCUT2D eigenvalue weighted by Crippen LogP contribution is -2.22. The van der Waals surface area contributed by atoms with Crippen molar-refractivity contribution in [3.05, 3.63) is 18.0 Å². The van der Waals surface area contributed by atoms with E-state index in [9.17, 15) is 13.2 Å². The molecule has 0 saturated carbocycles. The van der Waals surface area contributed by atoms with Crippen LogP contribution in [0.4, 0.5) is 19.1 Å². The van der Waals surface area contributed by atoms with Gasteiger partial charge in [-0.3, -0.25) is 0 Å². The van der Waals surface area contributed by atoms with Crippen molar-refractivity contribution in [2.45, 2.75) is 25.4 Å². The molecule has 0 atom stereocenters. The molecule has 0 aliphatic heterocycles. The van der Waals surface area contributed by atoms with Crippen LogP contribution in [0.3, 0.4) is 0 Å². The van der Waals surface area contributed by atoms with Crippen molar-refractivity contribution in [1.29, 1.82) is 0 Å². The Morgan fingerprint density at radius 2 is 2.00 bits per heavy atom. The molecule has 0 amide bonds. The predicted octanol–water partition coefficient (Wildman–Crippen LogP) is 3.50. The van der Waals surface area contributed by atoms with Crippen LogP contribution >= 0.6 is 15.9 Å². The molecule has 0 aliphatic rings. The van der Waals surface area contributed by atoms with Gasteiger partial charge in [0, 0.05) is 25.1 Å². The van der Waals surface area contributed by atoms with Crippen LogP contribution in [-0.2, 0) is 6.18 Å². The van der Waals surface area contributed by atoms with Crippen molar-refractivity contribution in [1.82, 2.24) is 9.97 Å². The van der Waals surface area contributed by atoms with Crippen LogP contribution in [0.5, 0.6) is 0 Å². The minimum absolute atomic E-state index is 0.115. The van der Waals surface area contributed by atoms with Crippen LogP contribution in [0.25, 0.3) is 0 Å². The molecule has 0 radical (unpaired) electrons. The van der Waals surface area contributed by atoms with E-state index in [1.54, 1.807) is 11.9 Å². The first kappa shape index (κ1) is 15.2. The molecule has 1 heterocycles. The number of hydrogen-bond acceptors (Lipinski definition) is 3. The summed E-state index contributed by atoms with van der Waals surface area (Å²) < 4.78 is 37.4. The Morgan fingerprint density at radius 3 is 2.61 bits per heavy atom. The SMILES string of the molecule is CN(CCCCCBr)c1nccc(C(F)(F)F)n1. The van der Waals surface area contributed by atoms with Gasteiger partial charge in [0.05, 0.1) is 0 Å². The van der Waals surface area contributed by atoms with Crippen LogP contribution in [0.15, 0.2) is 12.3 Å². The average molecular weight is 326 g/mol. The Labute approximate surface area is 113 Å². The average Bonchev–Trinajstić information content (AvgIpc) is 2.33. The van der Waals surface area contributed by atoms with Gasteiger partial charge in [-0.1, -0.05) is 22.4 Å². The van der Waals surface area contributed by atoms with E-state index >= 15 is 0 Å². The van der Waals surface area contributed by atoms with Gasteiger partial charge in [0.25, 0.3) is 0 Å². The maximum absolute atomic E-state index is 12.5. The fourth-order valence-corrected chi connectivity index (χ4v) is 1.81. The third-order valence-electron chi connectivity index (χ3n) is 2.40. The zero-order valence-electron chi connectivity index (χ0n) is 10.0. The van der Waals surface area contributed by atoms with Gasteiger partial charge < -0.3 is 4.90 Å². The lowest BCUT2D eigenvalue weighted by molar-refractivity contribution is -0.141. The van der Waals surface area contributed by atoms with E-state index in [4.69, 9.17) is 0 Å². The molecule has 18 heavy (non-hydrogen) atoms. The summed E-state index contributed by atoms with van der Waals surface area (Å²) >= 11 is 3.33. The van der Waals surface area contributed by atoms with Crippen LogP contribution in [-0.4, -0.2) is 28.9 Å². The van der Waals surface area contributed by atoms with Gasteiger partial charge in [0.1, 0.15) is 5.69 Å². The van der Waals surface area contributed by atoms with E-state index in [1.165, 1.54) is 0 Å². The molecular formula is C11H15BrF3N3. The number of halogens is 4. The first-order valence-electron chi connectivity index (χ1n) is 5.62. The van der Waals surface area contributed by atoms with Crippen molar-refractivity contribution in [2.24, 2.45) is 0 Å². The Bertz CT molecular complexity index is 371. The highest BCUT2D eigenvalue weighted by atomic mass is 79.9. The molecule has 1 aromatic rings. The van der Waals surface area contributed by atoms with Gasteiger partial charge in [-0.05, 0) is 18.9 Å². The van der Waals surface area contributed by atoms with E-state index in [2.05, 4.69) is 25.9 Å². The molecule has 7 heteroatoms. The highest BCUT2D eigenvalue weighted by Gasteiger charge is 2.33. The first-order chi connectivity index (χ1) is 8.45. The standard InChI is InChI=1S/C11H15BrF3N3/c1-18(8-4-2-3-6-12)10-16-7-5-9(17-10)11(13,14)15/h5,7H,2-4,6,8H2,1H3. The van der Waals surface area contributed by atoms with Crippen LogP contribution in [0.1, 0.15) is 25.0 Å². The second-order valence-corrected chi connectivity index (χ2v) is 4.70. The molecule has 0 bridgehead atoms. The summed E-state index contributed by atoms with van der Waals surface area (Å²) in [5, 5.41) is 0.941. The van der Waals surface area contributed by atoms with E-state index in [1.807, 2.05) is 0 Å². The summed E-state index contributed by atoms with van der Waals surface area (Å²) in [5.41, 5.74) is -0.903. The molecule has 0 aromatic carbocycles. The van der Waals surface area contributed by atoms with Gasteiger partial charge >= 0.3 is 6.18 Å². The Kier molecular flexibility index (Phi) is 5.84. The Balaban J connectivity index is 2.60. The van der Waals surface area contributed by atoms with Crippen molar-refractivity contribution in [3.8, 4) is 0 Å². The molecule has 1 rings (SSSR count). The fourth-order valence-electron chi connectivity index (χ4n) is 1.41. The summed E-state index contributed by atoms with van der Waals surface area (Å²) in [6.45, 7) is 0.647. The molecule has 102 valence electrons. The summed E-state index contributed by atoms with van der Waals surface area (Å²) in [6.07, 6.45) is -0.303. The summed E-state index contributed by atoms with van der Waals surface area (Å²) in [7, 11) is 1.70. The topological polar surface area (TPSA) is 29.0 Å². The van der Waals surface area contributed by atoms with E-state index in [-0.39, 0.29) is 5.95 Å². The summed E-state index contributed by atoms with van der Waals surface area (Å²) in [4.78, 5) is 9.02. The molecule has 0 aliphatic carbocycles. The van der Waals surface area contributed by atoms with Gasteiger partial charge in [0.15, 0.2) is 0 Å². The lowest BCUT2D eigenvalue weighted by Gasteiger charge is -2.17. The largest absolute Gasteiger partial charge is 0.433 e. The van der Waals surface area contributed by atoms with E-state index < -0.39 is 11.9 Å². The number of alkyl halides is 4. The van der Waals surface area contributed by atoms with E-state index in [0.29, 0.717) is 6.54 Å². The fraction of sp³-hybridized carbons (Fsp3) is 0.636. The number of rotatable bonds is 6. The highest BCUT2D eigenvalue weighted by molar-refractivity contribution is 9.09. The normalized spacial score (nSPS) is 11.6. The van der Waals surface area contributed by atoms with Crippen LogP contribution < -0.4 is 4.90 Å². The van der Waals surface area contributed by atoms with Crippen LogP contribution in [0, 0.1) is 0 Å². The molecule has 0 unspecified atom stereocenters. The molecule has 0 saturated heterocycles. The molecule has 0 fully saturated rings. The van der Waals surface area contributed by atoms with Gasteiger partial charge in [-0.15, -0.1) is 0 Å². The summed E-state index contributed by atoms with van der Waals surface area (Å²) in [5.74, 6) is 0.115. The summed E-state index contributed by atoms with van der Waals surface area (Å²) in [6, 6.07) is 0.877. The van der Waals surface area contributed by atoms with Gasteiger partial charge in [-0.2, -0.15) is 13.2 Å². The molecule has 1 aromatic heterocycles. The van der Waals surface area contributed by atoms with Crippen molar-refractivity contribution >= 4 is 21.9 Å². The van der Waals surface area contributed by atoms with Crippen LogP contribution in [0.2, 0.25) is 0 Å². The second-order valence-electron chi connectivity index (χ2n) is 3.91. The predicted molar refractivity (Wildman–Crippen MR) is 67.9 cm³/mol. The number of hydrogen-bond donors (Lipinski definition) is 0. The van der Waals surface area contributed by atoms with Gasteiger partial charge in [-0.25, -0.2) is 9.97 Å². The molecule has 0 N–H and O–H groups in total. The van der Waals surface area contributed by atoms with E-state index in [0.717, 1.165) is 36.9 Å². The smallest absolute Gasteiger partial charge is 0.344 e. The lowest BCUT2D eigenvalue weighted by atomic mass is 10.2. The number of aromatic nitrogens is 2. The third-order valence-corrected chi connectivity index (χ3v) is 2.96. The number of nitrogens with zero attached hydrogens (tertiary/aromatic N) is 3. The minimum Gasteiger partial charge on any atom is -0.344 e. The monoisotopic (exact) mass is 325 g/mol. The van der Waals surface area contributed by atoms with Crippen molar-refractivity contribution in [2.75, 3.05) is 23.8 Å². The zero-order valence-corrected chi connectivity index (χ0v) is 11.6. The third kappa shape index (κ3) is 4.80.